The average Bonchev–Trinajstić information content (AvgIpc) is 2.08. The third-order valence-corrected chi connectivity index (χ3v) is 1.69. The van der Waals surface area contributed by atoms with Gasteiger partial charge in [0.15, 0.2) is 0 Å². The molecule has 0 aliphatic rings. The monoisotopic (exact) mass is 226 g/mol. The van der Waals surface area contributed by atoms with E-state index in [4.69, 9.17) is 4.55 Å². The lowest BCUT2D eigenvalue weighted by atomic mass is 10.2. The van der Waals surface area contributed by atoms with Crippen molar-refractivity contribution in [1.82, 2.24) is 0 Å². The Balaban J connectivity index is 3.47. The minimum atomic E-state index is -4.70. The SMILES string of the molecule is CCCCCCC(=O)OOS(=O)(=O)O. The van der Waals surface area contributed by atoms with Crippen LogP contribution in [0.1, 0.15) is 39.0 Å². The van der Waals surface area contributed by atoms with Crippen molar-refractivity contribution < 1.29 is 27.0 Å². The van der Waals surface area contributed by atoms with Crippen LogP contribution in [0, 0.1) is 0 Å². The zero-order valence-electron chi connectivity index (χ0n) is 7.93. The molecule has 0 aromatic heterocycles. The second-order valence-electron chi connectivity index (χ2n) is 2.76. The maximum absolute atomic E-state index is 10.7. The second kappa shape index (κ2) is 6.74. The zero-order valence-corrected chi connectivity index (χ0v) is 8.75. The molecule has 0 aliphatic heterocycles. The Morgan fingerprint density at radius 2 is 1.93 bits per heavy atom. The average molecular weight is 226 g/mol. The van der Waals surface area contributed by atoms with Crippen LogP contribution >= 0.6 is 0 Å². The Kier molecular flexibility index (Phi) is 6.43. The Morgan fingerprint density at radius 3 is 2.43 bits per heavy atom. The Hall–Kier alpha value is -0.660. The molecule has 7 heteroatoms. The van der Waals surface area contributed by atoms with Crippen LogP contribution in [0.4, 0.5) is 0 Å². The summed E-state index contributed by atoms with van der Waals surface area (Å²) in [5.74, 6) is -0.807. The van der Waals surface area contributed by atoms with Crippen molar-refractivity contribution in [3.8, 4) is 0 Å². The lowest BCUT2D eigenvalue weighted by Crippen LogP contribution is -2.10. The molecule has 84 valence electrons. The van der Waals surface area contributed by atoms with Crippen LogP contribution in [-0.4, -0.2) is 18.9 Å². The zero-order chi connectivity index (χ0) is 11.0. The van der Waals surface area contributed by atoms with E-state index in [0.717, 1.165) is 19.3 Å². The first-order valence-electron chi connectivity index (χ1n) is 4.32. The molecule has 0 aromatic rings. The molecule has 0 rings (SSSR count). The van der Waals surface area contributed by atoms with Crippen LogP contribution in [0.2, 0.25) is 0 Å². The third kappa shape index (κ3) is 9.43. The van der Waals surface area contributed by atoms with Crippen molar-refractivity contribution in [2.24, 2.45) is 0 Å². The van der Waals surface area contributed by atoms with Gasteiger partial charge in [-0.2, -0.15) is 8.42 Å². The van der Waals surface area contributed by atoms with Crippen molar-refractivity contribution in [2.75, 3.05) is 0 Å². The van der Waals surface area contributed by atoms with Crippen molar-refractivity contribution in [3.05, 3.63) is 0 Å². The van der Waals surface area contributed by atoms with E-state index in [9.17, 15) is 13.2 Å². The van der Waals surface area contributed by atoms with Gasteiger partial charge >= 0.3 is 16.4 Å². The quantitative estimate of drug-likeness (QED) is 0.304. The first-order valence-corrected chi connectivity index (χ1v) is 5.68. The fourth-order valence-corrected chi connectivity index (χ4v) is 0.981. The topological polar surface area (TPSA) is 89.9 Å². The number of carbonyl (C=O) groups excluding carboxylic acids is 1. The first kappa shape index (κ1) is 13.3. The molecular weight excluding hydrogens is 212 g/mol. The molecule has 0 heterocycles. The maximum Gasteiger partial charge on any atom is 0.432 e. The minimum absolute atomic E-state index is 0.0789. The van der Waals surface area contributed by atoms with E-state index >= 15 is 0 Å². The fraction of sp³-hybridized carbons (Fsp3) is 0.857. The lowest BCUT2D eigenvalue weighted by Gasteiger charge is -1.99. The van der Waals surface area contributed by atoms with Crippen molar-refractivity contribution in [2.45, 2.75) is 39.0 Å². The number of unbranched alkanes of at least 4 members (excludes halogenated alkanes) is 3. The van der Waals surface area contributed by atoms with Crippen LogP contribution in [0.5, 0.6) is 0 Å². The number of rotatable bonds is 7. The third-order valence-electron chi connectivity index (χ3n) is 1.45. The molecule has 1 N–H and O–H groups in total. The predicted molar refractivity (Wildman–Crippen MR) is 47.5 cm³/mol. The molecule has 14 heavy (non-hydrogen) atoms. The molecule has 0 unspecified atom stereocenters. The van der Waals surface area contributed by atoms with Crippen molar-refractivity contribution in [3.63, 3.8) is 0 Å². The number of hydrogen-bond acceptors (Lipinski definition) is 5. The van der Waals surface area contributed by atoms with Gasteiger partial charge in [-0.05, 0) is 10.8 Å². The molecule has 0 spiro atoms. The molecule has 0 saturated carbocycles. The first-order chi connectivity index (χ1) is 6.45. The standard InChI is InChI=1S/C7H14O6S/c1-2-3-4-5-6-7(8)12-13-14(9,10)11/h2-6H2,1H3,(H,9,10,11). The molecular formula is C7H14O6S. The fourth-order valence-electron chi connectivity index (χ4n) is 0.819. The predicted octanol–water partition coefficient (Wildman–Crippen LogP) is 1.23. The van der Waals surface area contributed by atoms with E-state index < -0.39 is 16.4 Å². The van der Waals surface area contributed by atoms with Crippen LogP contribution in [0.25, 0.3) is 0 Å². The molecule has 0 aromatic carbocycles. The summed E-state index contributed by atoms with van der Waals surface area (Å²) in [6.07, 6.45) is 3.61. The van der Waals surface area contributed by atoms with Gasteiger partial charge in [0.2, 0.25) is 0 Å². The largest absolute Gasteiger partial charge is 0.432 e. The summed E-state index contributed by atoms with van der Waals surface area (Å²) < 4.78 is 31.4. The van der Waals surface area contributed by atoms with E-state index in [0.29, 0.717) is 6.42 Å². The minimum Gasteiger partial charge on any atom is -0.280 e. The Labute approximate surface area is 83.1 Å². The maximum atomic E-state index is 10.7. The summed E-state index contributed by atoms with van der Waals surface area (Å²) in [5.41, 5.74) is 0. The smallest absolute Gasteiger partial charge is 0.280 e. The lowest BCUT2D eigenvalue weighted by molar-refractivity contribution is -0.214. The van der Waals surface area contributed by atoms with Gasteiger partial charge in [0, 0.05) is 6.42 Å². The highest BCUT2D eigenvalue weighted by molar-refractivity contribution is 7.80. The Bertz CT molecular complexity index is 257. The van der Waals surface area contributed by atoms with Crippen LogP contribution in [-0.2, 0) is 24.4 Å². The van der Waals surface area contributed by atoms with Gasteiger partial charge in [0.25, 0.3) is 0 Å². The van der Waals surface area contributed by atoms with Gasteiger partial charge in [-0.3, -0.25) is 9.44 Å². The van der Waals surface area contributed by atoms with E-state index in [1.807, 2.05) is 6.92 Å². The Morgan fingerprint density at radius 1 is 1.29 bits per heavy atom. The highest BCUT2D eigenvalue weighted by Gasteiger charge is 2.10. The number of carbonyl (C=O) groups is 1. The molecule has 0 bridgehead atoms. The molecule has 0 atom stereocenters. The summed E-state index contributed by atoms with van der Waals surface area (Å²) in [5, 5.41) is 0. The summed E-state index contributed by atoms with van der Waals surface area (Å²) in [4.78, 5) is 14.5. The summed E-state index contributed by atoms with van der Waals surface area (Å²) in [6, 6.07) is 0. The molecule has 0 amide bonds. The summed E-state index contributed by atoms with van der Waals surface area (Å²) in [6.45, 7) is 2.03. The van der Waals surface area contributed by atoms with E-state index in [2.05, 4.69) is 9.22 Å². The van der Waals surface area contributed by atoms with Gasteiger partial charge < -0.3 is 0 Å². The summed E-state index contributed by atoms with van der Waals surface area (Å²) in [7, 11) is -4.70. The van der Waals surface area contributed by atoms with Crippen LogP contribution < -0.4 is 0 Å². The normalized spacial score (nSPS) is 11.3. The van der Waals surface area contributed by atoms with Gasteiger partial charge in [0.05, 0.1) is 0 Å². The molecule has 0 saturated heterocycles. The second-order valence-corrected chi connectivity index (χ2v) is 3.75. The van der Waals surface area contributed by atoms with Crippen LogP contribution in [0.15, 0.2) is 0 Å². The molecule has 0 radical (unpaired) electrons. The van der Waals surface area contributed by atoms with Crippen LogP contribution in [0.3, 0.4) is 0 Å². The molecule has 0 aliphatic carbocycles. The van der Waals surface area contributed by atoms with Crippen molar-refractivity contribution >= 4 is 16.4 Å². The highest BCUT2D eigenvalue weighted by atomic mass is 32.3. The van der Waals surface area contributed by atoms with Crippen molar-refractivity contribution in [1.29, 1.82) is 0 Å². The highest BCUT2D eigenvalue weighted by Crippen LogP contribution is 2.04. The molecule has 6 nitrogen and oxygen atoms in total. The van der Waals surface area contributed by atoms with Gasteiger partial charge in [-0.25, -0.2) is 4.79 Å². The van der Waals surface area contributed by atoms with Gasteiger partial charge in [0.1, 0.15) is 0 Å². The summed E-state index contributed by atoms with van der Waals surface area (Å²) >= 11 is 0. The van der Waals surface area contributed by atoms with E-state index in [1.165, 1.54) is 0 Å². The molecule has 0 fully saturated rings. The van der Waals surface area contributed by atoms with E-state index in [-0.39, 0.29) is 6.42 Å². The number of hydrogen-bond donors (Lipinski definition) is 1. The van der Waals surface area contributed by atoms with E-state index in [1.54, 1.807) is 0 Å². The van der Waals surface area contributed by atoms with Gasteiger partial charge in [-0.15, -0.1) is 0 Å². The van der Waals surface area contributed by atoms with Gasteiger partial charge in [-0.1, -0.05) is 26.2 Å².